The van der Waals surface area contributed by atoms with Gasteiger partial charge in [-0.25, -0.2) is 4.79 Å². The van der Waals surface area contributed by atoms with Gasteiger partial charge in [0.2, 0.25) is 0 Å². The maximum atomic E-state index is 10.7. The molecule has 0 aromatic rings. The van der Waals surface area contributed by atoms with Crippen LogP contribution in [-0.2, 0) is 14.3 Å². The van der Waals surface area contributed by atoms with E-state index in [1.54, 1.807) is 0 Å². The second-order valence-electron chi connectivity index (χ2n) is 2.99. The zero-order valence-corrected chi connectivity index (χ0v) is 9.07. The Morgan fingerprint density at radius 2 is 2.25 bits per heavy atom. The average Bonchev–Trinajstić information content (AvgIpc) is 2.26. The van der Waals surface area contributed by atoms with E-state index in [9.17, 15) is 4.79 Å². The van der Waals surface area contributed by atoms with Crippen molar-refractivity contribution < 1.29 is 14.3 Å². The largest absolute Gasteiger partial charge is 0.490 e. The summed E-state index contributed by atoms with van der Waals surface area (Å²) in [5, 5.41) is 0. The van der Waals surface area contributed by atoms with E-state index in [4.69, 9.17) is 9.47 Å². The summed E-state index contributed by atoms with van der Waals surface area (Å²) in [6.45, 7) is 3.86. The van der Waals surface area contributed by atoms with E-state index in [0.29, 0.717) is 13.0 Å². The van der Waals surface area contributed by atoms with Gasteiger partial charge in [0.25, 0.3) is 0 Å². The third-order valence-electron chi connectivity index (χ3n) is 1.80. The Morgan fingerprint density at radius 1 is 1.44 bits per heavy atom. The highest BCUT2D eigenvalue weighted by Gasteiger charge is 1.97. The molecule has 0 aliphatic heterocycles. The second-order valence-corrected chi connectivity index (χ2v) is 2.99. The predicted octanol–water partition coefficient (Wildman–Crippen LogP) is 1.97. The lowest BCUT2D eigenvalue weighted by atomic mass is 10.2. The molecule has 0 radical (unpaired) electrons. The van der Waals surface area contributed by atoms with Crippen LogP contribution in [0.3, 0.4) is 0 Å². The van der Waals surface area contributed by atoms with Gasteiger partial charge in [0.15, 0.2) is 0 Å². The first-order valence-electron chi connectivity index (χ1n) is 5.07. The number of hydrogen-bond donors (Lipinski definition) is 0. The van der Waals surface area contributed by atoms with E-state index in [1.165, 1.54) is 0 Å². The van der Waals surface area contributed by atoms with Crippen LogP contribution in [0.5, 0.6) is 0 Å². The van der Waals surface area contributed by atoms with E-state index in [2.05, 4.69) is 18.4 Å². The summed E-state index contributed by atoms with van der Waals surface area (Å²) in [7, 11) is 0. The minimum Gasteiger partial charge on any atom is -0.490 e. The number of carbonyl (C=O) groups is 1. The average molecular weight is 218 g/mol. The maximum Gasteiger partial charge on any atom is 0.330 e. The van der Waals surface area contributed by atoms with E-state index >= 15 is 0 Å². The molecule has 0 heterocycles. The molecule has 0 saturated heterocycles. The summed E-state index contributed by atoms with van der Waals surface area (Å²) in [6, 6.07) is 0. The van der Waals surface area contributed by atoms with Gasteiger partial charge >= 0.3 is 5.97 Å². The fourth-order valence-electron chi connectivity index (χ4n) is 1.07. The van der Waals surface area contributed by atoms with Gasteiger partial charge in [0.05, 0.1) is 0 Å². The molecule has 3 heteroatoms. The van der Waals surface area contributed by atoms with Crippen molar-refractivity contribution >= 4 is 5.97 Å². The number of ether oxygens (including phenoxy) is 2. The van der Waals surface area contributed by atoms with Crippen molar-refractivity contribution in [2.24, 2.45) is 0 Å². The number of hydrogen-bond acceptors (Lipinski definition) is 3. The molecule has 1 rings (SSSR count). The molecule has 84 valence electrons. The molecule has 0 atom stereocenters. The first-order chi connectivity index (χ1) is 7.83. The van der Waals surface area contributed by atoms with Crippen LogP contribution >= 0.6 is 0 Å². The fourth-order valence-corrected chi connectivity index (χ4v) is 1.07. The third-order valence-corrected chi connectivity index (χ3v) is 1.80. The van der Waals surface area contributed by atoms with Crippen LogP contribution in [-0.4, -0.2) is 19.2 Å². The number of esters is 1. The Balaban J connectivity index is 2.24. The third kappa shape index (κ3) is 5.06. The molecule has 0 unspecified atom stereocenters. The zero-order chi connectivity index (χ0) is 11.6. The fraction of sp³-hybridized carbons (Fsp3) is 0.308. The van der Waals surface area contributed by atoms with Crippen molar-refractivity contribution in [2.75, 3.05) is 13.2 Å². The van der Waals surface area contributed by atoms with Crippen molar-refractivity contribution in [3.05, 3.63) is 36.6 Å². The number of rotatable bonds is 5. The smallest absolute Gasteiger partial charge is 0.330 e. The normalized spacial score (nSPS) is 13.6. The highest BCUT2D eigenvalue weighted by atomic mass is 16.6. The van der Waals surface area contributed by atoms with E-state index < -0.39 is 5.97 Å². The molecule has 0 amide bonds. The van der Waals surface area contributed by atoms with E-state index in [-0.39, 0.29) is 6.61 Å². The Kier molecular flexibility index (Phi) is 5.57. The van der Waals surface area contributed by atoms with Gasteiger partial charge in [0, 0.05) is 18.9 Å². The Hall–Kier alpha value is -1.95. The Morgan fingerprint density at radius 3 is 3.06 bits per heavy atom. The van der Waals surface area contributed by atoms with Crippen molar-refractivity contribution in [3.8, 4) is 11.8 Å². The molecule has 0 fully saturated rings. The summed E-state index contributed by atoms with van der Waals surface area (Å²) in [4.78, 5) is 10.7. The first kappa shape index (κ1) is 12.1. The molecule has 1 aliphatic carbocycles. The van der Waals surface area contributed by atoms with E-state index in [1.807, 2.05) is 18.2 Å². The Labute approximate surface area is 95.4 Å². The topological polar surface area (TPSA) is 35.5 Å². The van der Waals surface area contributed by atoms with Crippen LogP contribution in [0, 0.1) is 11.8 Å². The van der Waals surface area contributed by atoms with E-state index in [0.717, 1.165) is 18.3 Å². The van der Waals surface area contributed by atoms with Crippen molar-refractivity contribution in [1.29, 1.82) is 0 Å². The van der Waals surface area contributed by atoms with Gasteiger partial charge in [-0.15, -0.1) is 0 Å². The number of carbonyl (C=O) groups excluding carboxylic acids is 1. The van der Waals surface area contributed by atoms with Crippen LogP contribution in [0.25, 0.3) is 0 Å². The Bertz CT molecular complexity index is 366. The summed E-state index contributed by atoms with van der Waals surface area (Å²) in [5.41, 5.74) is 0. The van der Waals surface area contributed by atoms with Crippen molar-refractivity contribution in [2.45, 2.75) is 12.8 Å². The standard InChI is InChI=1S/C13H14O3/c1-2-13(14)16-11-10-15-12-8-6-4-3-5-7-9-12/h2,6,8-9H,1,4,7,10-11H2. The molecule has 16 heavy (non-hydrogen) atoms. The van der Waals surface area contributed by atoms with Crippen LogP contribution in [0.15, 0.2) is 36.6 Å². The summed E-state index contributed by atoms with van der Waals surface area (Å²) in [5.74, 6) is 6.29. The lowest BCUT2D eigenvalue weighted by molar-refractivity contribution is -0.138. The van der Waals surface area contributed by atoms with Gasteiger partial charge in [-0.3, -0.25) is 0 Å². The minimum atomic E-state index is -0.434. The van der Waals surface area contributed by atoms with Crippen LogP contribution in [0.2, 0.25) is 0 Å². The van der Waals surface area contributed by atoms with Gasteiger partial charge < -0.3 is 9.47 Å². The molecule has 0 aromatic carbocycles. The van der Waals surface area contributed by atoms with Crippen LogP contribution in [0.4, 0.5) is 0 Å². The number of allylic oxidation sites excluding steroid dienone is 3. The monoisotopic (exact) mass is 218 g/mol. The molecule has 0 N–H and O–H groups in total. The van der Waals surface area contributed by atoms with Gasteiger partial charge in [-0.05, 0) is 12.2 Å². The highest BCUT2D eigenvalue weighted by Crippen LogP contribution is 2.04. The molecule has 0 saturated carbocycles. The molecular formula is C13H14O3. The second kappa shape index (κ2) is 7.36. The summed E-state index contributed by atoms with van der Waals surface area (Å²) < 4.78 is 10.2. The zero-order valence-electron chi connectivity index (χ0n) is 9.07. The maximum absolute atomic E-state index is 10.7. The quantitative estimate of drug-likeness (QED) is 0.306. The molecular weight excluding hydrogens is 204 g/mol. The summed E-state index contributed by atoms with van der Waals surface area (Å²) >= 11 is 0. The molecule has 3 nitrogen and oxygen atoms in total. The van der Waals surface area contributed by atoms with Gasteiger partial charge in [-0.1, -0.05) is 24.5 Å². The van der Waals surface area contributed by atoms with Crippen molar-refractivity contribution in [3.63, 3.8) is 0 Å². The van der Waals surface area contributed by atoms with Crippen molar-refractivity contribution in [1.82, 2.24) is 0 Å². The van der Waals surface area contributed by atoms with Gasteiger partial charge in [0.1, 0.15) is 19.0 Å². The molecule has 0 spiro atoms. The molecule has 0 bridgehead atoms. The predicted molar refractivity (Wildman–Crippen MR) is 61.3 cm³/mol. The van der Waals surface area contributed by atoms with Crippen LogP contribution in [0.1, 0.15) is 12.8 Å². The molecule has 1 aliphatic rings. The SMILES string of the molecule is C=CC(=O)OCCOC1=CCC#CCC=C1. The van der Waals surface area contributed by atoms with Gasteiger partial charge in [-0.2, -0.15) is 0 Å². The lowest BCUT2D eigenvalue weighted by Crippen LogP contribution is -2.07. The summed E-state index contributed by atoms with van der Waals surface area (Å²) in [6.07, 6.45) is 8.28. The van der Waals surface area contributed by atoms with Crippen LogP contribution < -0.4 is 0 Å². The lowest BCUT2D eigenvalue weighted by Gasteiger charge is -2.07. The minimum absolute atomic E-state index is 0.224. The molecule has 0 aromatic heterocycles. The highest BCUT2D eigenvalue weighted by molar-refractivity contribution is 5.81. The first-order valence-corrected chi connectivity index (χ1v) is 5.07.